The van der Waals surface area contributed by atoms with Crippen molar-refractivity contribution in [2.45, 2.75) is 6.42 Å². The van der Waals surface area contributed by atoms with Crippen LogP contribution in [0.4, 0.5) is 10.1 Å². The number of benzene rings is 1. The molecule has 0 spiro atoms. The molecule has 0 saturated carbocycles. The van der Waals surface area contributed by atoms with Crippen molar-refractivity contribution in [3.63, 3.8) is 0 Å². The Morgan fingerprint density at radius 2 is 2.25 bits per heavy atom. The van der Waals surface area contributed by atoms with Crippen LogP contribution >= 0.6 is 12.6 Å². The quantitative estimate of drug-likeness (QED) is 0.361. The molecule has 16 heavy (non-hydrogen) atoms. The average molecular weight is 241 g/mol. The van der Waals surface area contributed by atoms with Crippen molar-refractivity contribution in [2.75, 3.05) is 5.75 Å². The number of hydrogen-bond acceptors (Lipinski definition) is 4. The summed E-state index contributed by atoms with van der Waals surface area (Å²) in [5, 5.41) is 19.9. The Morgan fingerprint density at radius 1 is 1.56 bits per heavy atom. The molecule has 6 heteroatoms. The topological polar surface area (TPSA) is 63.4 Å². The summed E-state index contributed by atoms with van der Waals surface area (Å²) in [6, 6.07) is 1.60. The summed E-state index contributed by atoms with van der Waals surface area (Å²) < 4.78 is 13.0. The first-order valence-corrected chi connectivity index (χ1v) is 4.96. The summed E-state index contributed by atoms with van der Waals surface area (Å²) in [6.07, 6.45) is 0.451. The number of aromatic hydroxyl groups is 1. The number of nitro benzene ring substituents is 1. The first-order valence-electron chi connectivity index (χ1n) is 4.33. The molecule has 0 aliphatic carbocycles. The largest absolute Gasteiger partial charge is 0.501 e. The number of thiol groups is 1. The zero-order valence-electron chi connectivity index (χ0n) is 8.11. The van der Waals surface area contributed by atoms with E-state index >= 15 is 0 Å². The molecule has 0 aliphatic rings. The molecule has 0 radical (unpaired) electrons. The van der Waals surface area contributed by atoms with Crippen LogP contribution in [0.2, 0.25) is 0 Å². The summed E-state index contributed by atoms with van der Waals surface area (Å²) in [4.78, 5) is 9.62. The van der Waals surface area contributed by atoms with E-state index in [1.165, 1.54) is 0 Å². The number of halogens is 1. The zero-order chi connectivity index (χ0) is 12.1. The number of nitro groups is 1. The number of rotatable bonds is 2. The molecule has 0 atom stereocenters. The minimum atomic E-state index is -0.859. The third-order valence-corrected chi connectivity index (χ3v) is 1.93. The molecule has 0 aromatic heterocycles. The molecule has 1 N–H and O–H groups in total. The average Bonchev–Trinajstić information content (AvgIpc) is 2.22. The second kappa shape index (κ2) is 5.37. The summed E-state index contributed by atoms with van der Waals surface area (Å²) in [5.74, 6) is 4.17. The maximum absolute atomic E-state index is 13.0. The Labute approximate surface area is 96.7 Å². The molecule has 0 heterocycles. The van der Waals surface area contributed by atoms with E-state index < -0.39 is 22.2 Å². The van der Waals surface area contributed by atoms with E-state index in [-0.39, 0.29) is 5.56 Å². The van der Waals surface area contributed by atoms with Crippen LogP contribution in [0.3, 0.4) is 0 Å². The van der Waals surface area contributed by atoms with Gasteiger partial charge >= 0.3 is 5.69 Å². The van der Waals surface area contributed by atoms with Gasteiger partial charge in [-0.3, -0.25) is 10.1 Å². The highest BCUT2D eigenvalue weighted by Gasteiger charge is 2.18. The smallest absolute Gasteiger partial charge is 0.314 e. The van der Waals surface area contributed by atoms with Crippen LogP contribution in [0.15, 0.2) is 12.1 Å². The first kappa shape index (κ1) is 12.3. The molecular formula is C10H8FNO3S. The highest BCUT2D eigenvalue weighted by Crippen LogP contribution is 2.30. The van der Waals surface area contributed by atoms with Crippen molar-refractivity contribution < 1.29 is 14.4 Å². The summed E-state index contributed by atoms with van der Waals surface area (Å²) in [5.41, 5.74) is -0.774. The first-order chi connectivity index (χ1) is 7.56. The lowest BCUT2D eigenvalue weighted by atomic mass is 10.1. The molecule has 1 aromatic rings. The van der Waals surface area contributed by atoms with Crippen LogP contribution in [0.25, 0.3) is 0 Å². The lowest BCUT2D eigenvalue weighted by molar-refractivity contribution is -0.386. The van der Waals surface area contributed by atoms with Crippen LogP contribution in [0.1, 0.15) is 12.0 Å². The fraction of sp³-hybridized carbons (Fsp3) is 0.200. The van der Waals surface area contributed by atoms with Crippen LogP contribution in [-0.2, 0) is 0 Å². The molecule has 1 rings (SSSR count). The Kier molecular flexibility index (Phi) is 4.14. The van der Waals surface area contributed by atoms with Gasteiger partial charge in [0.05, 0.1) is 16.6 Å². The predicted octanol–water partition coefficient (Wildman–Crippen LogP) is 2.11. The maximum atomic E-state index is 13.0. The van der Waals surface area contributed by atoms with E-state index in [1.54, 1.807) is 0 Å². The third kappa shape index (κ3) is 2.87. The minimum Gasteiger partial charge on any atom is -0.501 e. The fourth-order valence-corrected chi connectivity index (χ4v) is 1.14. The molecule has 0 saturated heterocycles. The highest BCUT2D eigenvalue weighted by molar-refractivity contribution is 7.80. The second-order valence-electron chi connectivity index (χ2n) is 2.85. The van der Waals surface area contributed by atoms with E-state index in [0.717, 1.165) is 6.07 Å². The zero-order valence-corrected chi connectivity index (χ0v) is 9.00. The monoisotopic (exact) mass is 241 g/mol. The molecule has 0 amide bonds. The van der Waals surface area contributed by atoms with Gasteiger partial charge in [0.2, 0.25) is 5.75 Å². The molecule has 84 valence electrons. The molecule has 0 unspecified atom stereocenters. The minimum absolute atomic E-state index is 0.0894. The third-order valence-electron chi connectivity index (χ3n) is 1.71. The van der Waals surface area contributed by atoms with Crippen molar-refractivity contribution >= 4 is 18.3 Å². The summed E-state index contributed by atoms with van der Waals surface area (Å²) in [7, 11) is 0. The summed E-state index contributed by atoms with van der Waals surface area (Å²) >= 11 is 3.92. The molecular weight excluding hydrogens is 233 g/mol. The molecule has 4 nitrogen and oxygen atoms in total. The normalized spacial score (nSPS) is 9.38. The molecule has 0 fully saturated rings. The lowest BCUT2D eigenvalue weighted by Gasteiger charge is -1.99. The van der Waals surface area contributed by atoms with Gasteiger partial charge in [0.1, 0.15) is 5.82 Å². The van der Waals surface area contributed by atoms with E-state index in [9.17, 15) is 19.6 Å². The van der Waals surface area contributed by atoms with E-state index in [1.807, 2.05) is 0 Å². The highest BCUT2D eigenvalue weighted by atomic mass is 32.1. The Balaban J connectivity index is 3.21. The van der Waals surface area contributed by atoms with Gasteiger partial charge in [0, 0.05) is 12.2 Å². The fourth-order valence-electron chi connectivity index (χ4n) is 1.03. The van der Waals surface area contributed by atoms with E-state index in [0.29, 0.717) is 18.2 Å². The van der Waals surface area contributed by atoms with Crippen LogP contribution < -0.4 is 0 Å². The predicted molar refractivity (Wildman–Crippen MR) is 60.1 cm³/mol. The number of nitrogens with zero attached hydrogens (tertiary/aromatic N) is 1. The van der Waals surface area contributed by atoms with Gasteiger partial charge in [-0.2, -0.15) is 12.6 Å². The van der Waals surface area contributed by atoms with Crippen molar-refractivity contribution in [3.8, 4) is 17.6 Å². The Bertz CT molecular complexity index is 479. The number of phenols is 1. The van der Waals surface area contributed by atoms with Gasteiger partial charge in [0.25, 0.3) is 0 Å². The standard InChI is InChI=1S/C10H8FNO3S/c11-8-5-7(3-1-2-4-16)10(13)9(6-8)12(14)15/h5-6,13,16H,2,4H2. The number of hydrogen-bond donors (Lipinski definition) is 2. The van der Waals surface area contributed by atoms with Gasteiger partial charge in [0.15, 0.2) is 0 Å². The van der Waals surface area contributed by atoms with Crippen LogP contribution in [0, 0.1) is 27.8 Å². The van der Waals surface area contributed by atoms with Crippen molar-refractivity contribution in [1.29, 1.82) is 0 Å². The van der Waals surface area contributed by atoms with Crippen molar-refractivity contribution in [1.82, 2.24) is 0 Å². The Hall–Kier alpha value is -1.74. The van der Waals surface area contributed by atoms with Crippen molar-refractivity contribution in [2.24, 2.45) is 0 Å². The van der Waals surface area contributed by atoms with Crippen LogP contribution in [-0.4, -0.2) is 15.8 Å². The second-order valence-corrected chi connectivity index (χ2v) is 3.30. The summed E-state index contributed by atoms with van der Waals surface area (Å²) in [6.45, 7) is 0. The maximum Gasteiger partial charge on any atom is 0.314 e. The van der Waals surface area contributed by atoms with Crippen molar-refractivity contribution in [3.05, 3.63) is 33.6 Å². The van der Waals surface area contributed by atoms with Gasteiger partial charge in [-0.1, -0.05) is 11.8 Å². The van der Waals surface area contributed by atoms with Gasteiger partial charge in [-0.05, 0) is 6.07 Å². The lowest BCUT2D eigenvalue weighted by Crippen LogP contribution is -1.92. The van der Waals surface area contributed by atoms with Crippen LogP contribution in [0.5, 0.6) is 5.75 Å². The SMILES string of the molecule is O=[N+]([O-])c1cc(F)cc(C#CCCS)c1O. The molecule has 0 aliphatic heterocycles. The van der Waals surface area contributed by atoms with Gasteiger partial charge in [-0.25, -0.2) is 4.39 Å². The number of phenolic OH excluding ortho intramolecular Hbond substituents is 1. The molecule has 1 aromatic carbocycles. The van der Waals surface area contributed by atoms with Gasteiger partial charge in [-0.15, -0.1) is 0 Å². The molecule has 0 bridgehead atoms. The Morgan fingerprint density at radius 3 is 2.81 bits per heavy atom. The van der Waals surface area contributed by atoms with Gasteiger partial charge < -0.3 is 5.11 Å². The van der Waals surface area contributed by atoms with E-state index in [4.69, 9.17) is 0 Å². The van der Waals surface area contributed by atoms with E-state index in [2.05, 4.69) is 24.5 Å².